The van der Waals surface area contributed by atoms with E-state index in [1.807, 2.05) is 48.2 Å². The predicted octanol–water partition coefficient (Wildman–Crippen LogP) is 2.94. The lowest BCUT2D eigenvalue weighted by Gasteiger charge is -2.22. The lowest BCUT2D eigenvalue weighted by atomic mass is 10.1. The number of nitrogens with two attached hydrogens (primary N) is 1. The first-order valence-corrected chi connectivity index (χ1v) is 8.44. The second-order valence-electron chi connectivity index (χ2n) is 6.19. The number of quaternary nitrogens is 1. The summed E-state index contributed by atoms with van der Waals surface area (Å²) in [5.41, 5.74) is 3.46. The number of benzene rings is 2. The van der Waals surface area contributed by atoms with Gasteiger partial charge in [0.25, 0.3) is 5.91 Å². The first-order chi connectivity index (χ1) is 11.1. The number of hydrogen-bond acceptors (Lipinski definition) is 1. The Morgan fingerprint density at radius 2 is 1.96 bits per heavy atom. The maximum Gasteiger partial charge on any atom is 0.284 e. The summed E-state index contributed by atoms with van der Waals surface area (Å²) in [6.07, 6.45) is 0.943. The Hall–Kier alpha value is -1.84. The van der Waals surface area contributed by atoms with Gasteiger partial charge >= 0.3 is 0 Å². The number of para-hydroxylation sites is 1. The zero-order valence-electron chi connectivity index (χ0n) is 13.5. The third-order valence-electron chi connectivity index (χ3n) is 4.49. The van der Waals surface area contributed by atoms with Crippen molar-refractivity contribution in [3.63, 3.8) is 0 Å². The zero-order valence-corrected chi connectivity index (χ0v) is 14.3. The summed E-state index contributed by atoms with van der Waals surface area (Å²) in [5.74, 6) is 0.170. The SMILES string of the molecule is C[C@H]([NH2+][C@@H](C)c1cccc(Cl)c1)C(=O)N1CCc2ccccc21. The lowest BCUT2D eigenvalue weighted by molar-refractivity contribution is -0.710. The molecular formula is C19H22ClN2O+. The number of carbonyl (C=O) groups excluding carboxylic acids is 1. The molecule has 1 aliphatic heterocycles. The maximum atomic E-state index is 12.8. The lowest BCUT2D eigenvalue weighted by Crippen LogP contribution is -2.92. The first-order valence-electron chi connectivity index (χ1n) is 8.06. The van der Waals surface area contributed by atoms with Gasteiger partial charge in [-0.05, 0) is 44.0 Å². The minimum atomic E-state index is -0.130. The van der Waals surface area contributed by atoms with Gasteiger partial charge in [0.2, 0.25) is 0 Å². The Morgan fingerprint density at radius 1 is 1.17 bits per heavy atom. The number of amides is 1. The van der Waals surface area contributed by atoms with E-state index in [0.717, 1.165) is 29.2 Å². The molecule has 3 nitrogen and oxygen atoms in total. The Bertz CT molecular complexity index is 716. The van der Waals surface area contributed by atoms with E-state index in [4.69, 9.17) is 11.6 Å². The number of carbonyl (C=O) groups is 1. The van der Waals surface area contributed by atoms with Crippen LogP contribution in [0.15, 0.2) is 48.5 Å². The second kappa shape index (κ2) is 6.73. The van der Waals surface area contributed by atoms with Crippen LogP contribution in [0.5, 0.6) is 0 Å². The molecular weight excluding hydrogens is 308 g/mol. The second-order valence-corrected chi connectivity index (χ2v) is 6.63. The molecule has 0 aliphatic carbocycles. The summed E-state index contributed by atoms with van der Waals surface area (Å²) >= 11 is 6.06. The van der Waals surface area contributed by atoms with Gasteiger partial charge in [0, 0.05) is 22.8 Å². The molecule has 0 saturated heterocycles. The normalized spacial score (nSPS) is 16.0. The fraction of sp³-hybridized carbons (Fsp3) is 0.316. The quantitative estimate of drug-likeness (QED) is 0.920. The van der Waals surface area contributed by atoms with E-state index in [1.165, 1.54) is 5.56 Å². The van der Waals surface area contributed by atoms with Gasteiger partial charge in [-0.15, -0.1) is 0 Å². The third kappa shape index (κ3) is 3.41. The number of anilines is 1. The van der Waals surface area contributed by atoms with E-state index >= 15 is 0 Å². The molecule has 0 aromatic heterocycles. The molecule has 0 spiro atoms. The summed E-state index contributed by atoms with van der Waals surface area (Å²) in [5, 5.41) is 2.84. The van der Waals surface area contributed by atoms with Gasteiger partial charge in [0.05, 0.1) is 0 Å². The highest BCUT2D eigenvalue weighted by atomic mass is 35.5. The van der Waals surface area contributed by atoms with E-state index in [9.17, 15) is 4.79 Å². The molecule has 2 N–H and O–H groups in total. The molecule has 1 amide bonds. The molecule has 4 heteroatoms. The van der Waals surface area contributed by atoms with Crippen molar-refractivity contribution in [1.29, 1.82) is 0 Å². The number of hydrogen-bond donors (Lipinski definition) is 1. The summed E-state index contributed by atoms with van der Waals surface area (Å²) < 4.78 is 0. The minimum Gasteiger partial charge on any atom is -0.330 e. The fourth-order valence-corrected chi connectivity index (χ4v) is 3.43. The van der Waals surface area contributed by atoms with Crippen LogP contribution in [0.25, 0.3) is 0 Å². The molecule has 2 aromatic carbocycles. The van der Waals surface area contributed by atoms with E-state index in [0.29, 0.717) is 0 Å². The molecule has 2 aromatic rings. The third-order valence-corrected chi connectivity index (χ3v) is 4.73. The Morgan fingerprint density at radius 3 is 2.74 bits per heavy atom. The molecule has 0 unspecified atom stereocenters. The van der Waals surface area contributed by atoms with Gasteiger partial charge in [-0.25, -0.2) is 0 Å². The minimum absolute atomic E-state index is 0.130. The topological polar surface area (TPSA) is 36.9 Å². The largest absolute Gasteiger partial charge is 0.330 e. The first kappa shape index (κ1) is 16.0. The van der Waals surface area contributed by atoms with Crippen LogP contribution in [0.4, 0.5) is 5.69 Å². The van der Waals surface area contributed by atoms with Gasteiger partial charge in [0.1, 0.15) is 6.04 Å². The van der Waals surface area contributed by atoms with Crippen LogP contribution in [-0.4, -0.2) is 18.5 Å². The van der Waals surface area contributed by atoms with Gasteiger partial charge in [-0.3, -0.25) is 4.79 Å². The van der Waals surface area contributed by atoms with Crippen LogP contribution in [0, 0.1) is 0 Å². The molecule has 0 fully saturated rings. The highest BCUT2D eigenvalue weighted by molar-refractivity contribution is 6.30. The van der Waals surface area contributed by atoms with E-state index < -0.39 is 0 Å². The smallest absolute Gasteiger partial charge is 0.284 e. The molecule has 2 atom stereocenters. The van der Waals surface area contributed by atoms with Gasteiger partial charge in [-0.1, -0.05) is 41.9 Å². The summed E-state index contributed by atoms with van der Waals surface area (Å²) in [7, 11) is 0. The van der Waals surface area contributed by atoms with Gasteiger partial charge < -0.3 is 10.2 Å². The Labute approximate surface area is 142 Å². The van der Waals surface area contributed by atoms with Crippen molar-refractivity contribution >= 4 is 23.2 Å². The summed E-state index contributed by atoms with van der Waals surface area (Å²) in [6, 6.07) is 16.1. The van der Waals surface area contributed by atoms with E-state index in [-0.39, 0.29) is 18.0 Å². The summed E-state index contributed by atoms with van der Waals surface area (Å²) in [4.78, 5) is 14.7. The average molecular weight is 330 g/mol. The zero-order chi connectivity index (χ0) is 16.4. The molecule has 1 heterocycles. The monoisotopic (exact) mass is 329 g/mol. The van der Waals surface area contributed by atoms with Crippen molar-refractivity contribution in [2.75, 3.05) is 11.4 Å². The van der Waals surface area contributed by atoms with E-state index in [2.05, 4.69) is 24.4 Å². The number of rotatable bonds is 4. The van der Waals surface area contributed by atoms with Crippen LogP contribution in [0.3, 0.4) is 0 Å². The molecule has 0 radical (unpaired) electrons. The average Bonchev–Trinajstić information content (AvgIpc) is 2.98. The number of fused-ring (bicyclic) bond motifs is 1. The van der Waals surface area contributed by atoms with Crippen molar-refractivity contribution in [3.05, 3.63) is 64.7 Å². The van der Waals surface area contributed by atoms with Crippen molar-refractivity contribution < 1.29 is 10.1 Å². The van der Waals surface area contributed by atoms with Crippen LogP contribution in [0.1, 0.15) is 31.0 Å². The van der Waals surface area contributed by atoms with Crippen LogP contribution < -0.4 is 10.2 Å². The molecule has 23 heavy (non-hydrogen) atoms. The highest BCUT2D eigenvalue weighted by Gasteiger charge is 2.30. The van der Waals surface area contributed by atoms with Crippen molar-refractivity contribution in [2.24, 2.45) is 0 Å². The van der Waals surface area contributed by atoms with Crippen LogP contribution >= 0.6 is 11.6 Å². The van der Waals surface area contributed by atoms with Crippen LogP contribution in [-0.2, 0) is 11.2 Å². The highest BCUT2D eigenvalue weighted by Crippen LogP contribution is 2.27. The van der Waals surface area contributed by atoms with Crippen LogP contribution in [0.2, 0.25) is 5.02 Å². The van der Waals surface area contributed by atoms with Gasteiger partial charge in [0.15, 0.2) is 6.04 Å². The van der Waals surface area contributed by atoms with Crippen molar-refractivity contribution in [3.8, 4) is 0 Å². The molecule has 0 bridgehead atoms. The predicted molar refractivity (Wildman–Crippen MR) is 93.8 cm³/mol. The van der Waals surface area contributed by atoms with Gasteiger partial charge in [-0.2, -0.15) is 0 Å². The maximum absolute atomic E-state index is 12.8. The number of nitrogens with zero attached hydrogens (tertiary/aromatic N) is 1. The standard InChI is InChI=1S/C19H21ClN2O/c1-13(16-7-5-8-17(20)12-16)21-14(2)19(23)22-11-10-15-6-3-4-9-18(15)22/h3-9,12-14,21H,10-11H2,1-2H3/p+1/t13-,14-/m0/s1. The molecule has 3 rings (SSSR count). The van der Waals surface area contributed by atoms with Crippen molar-refractivity contribution in [2.45, 2.75) is 32.4 Å². The van der Waals surface area contributed by atoms with Crippen molar-refractivity contribution in [1.82, 2.24) is 0 Å². The fourth-order valence-electron chi connectivity index (χ4n) is 3.23. The molecule has 1 aliphatic rings. The summed E-state index contributed by atoms with van der Waals surface area (Å²) in [6.45, 7) is 4.86. The Kier molecular flexibility index (Phi) is 4.69. The molecule has 0 saturated carbocycles. The molecule has 120 valence electrons. The number of halogens is 1. The van der Waals surface area contributed by atoms with E-state index in [1.54, 1.807) is 0 Å². The Balaban J connectivity index is 1.69.